The number of carbonyl (C=O) groups excluding carboxylic acids is 2. The molecule has 1 aromatic heterocycles. The van der Waals surface area contributed by atoms with Crippen LogP contribution < -0.4 is 16.1 Å². The van der Waals surface area contributed by atoms with E-state index in [1.165, 1.54) is 28.3 Å². The summed E-state index contributed by atoms with van der Waals surface area (Å²) >= 11 is 5.61. The SMILES string of the molecule is CCCC(=O)NCc1ccccc1C1CCC(=CCNC(=O)c2cc(=O)c3cc(CC)ccc3o2)CC1.Cc1ccc(Cl)cc1. The van der Waals surface area contributed by atoms with Crippen LogP contribution in [0, 0.1) is 6.92 Å². The molecule has 2 N–H and O–H groups in total. The van der Waals surface area contributed by atoms with Crippen molar-refractivity contribution < 1.29 is 14.0 Å². The van der Waals surface area contributed by atoms with E-state index in [9.17, 15) is 14.4 Å². The van der Waals surface area contributed by atoms with Gasteiger partial charge in [0.25, 0.3) is 5.91 Å². The Labute approximate surface area is 270 Å². The molecule has 2 amide bonds. The lowest BCUT2D eigenvalue weighted by Crippen LogP contribution is -2.25. The van der Waals surface area contributed by atoms with Gasteiger partial charge in [0.05, 0.1) is 5.39 Å². The number of hydrogen-bond donors (Lipinski definition) is 2. The van der Waals surface area contributed by atoms with Gasteiger partial charge >= 0.3 is 0 Å². The fourth-order valence-electron chi connectivity index (χ4n) is 5.55. The second-order valence-corrected chi connectivity index (χ2v) is 12.0. The van der Waals surface area contributed by atoms with E-state index < -0.39 is 0 Å². The Hall–Kier alpha value is -4.16. The molecule has 1 aliphatic rings. The number of rotatable bonds is 9. The van der Waals surface area contributed by atoms with Crippen LogP contribution in [0.2, 0.25) is 5.02 Å². The van der Waals surface area contributed by atoms with Crippen molar-refractivity contribution in [2.24, 2.45) is 0 Å². The van der Waals surface area contributed by atoms with Crippen LogP contribution in [-0.2, 0) is 17.8 Å². The number of carbonyl (C=O) groups is 2. The molecule has 0 atom stereocenters. The first kappa shape index (κ1) is 33.7. The summed E-state index contributed by atoms with van der Waals surface area (Å²) < 4.78 is 5.71. The molecule has 1 heterocycles. The van der Waals surface area contributed by atoms with Crippen molar-refractivity contribution >= 4 is 34.4 Å². The number of hydrogen-bond acceptors (Lipinski definition) is 4. The largest absolute Gasteiger partial charge is 0.451 e. The molecular weight excluding hydrogens is 584 g/mol. The minimum Gasteiger partial charge on any atom is -0.451 e. The maximum Gasteiger partial charge on any atom is 0.287 e. The van der Waals surface area contributed by atoms with E-state index in [2.05, 4.69) is 34.9 Å². The molecule has 0 radical (unpaired) electrons. The third-order valence-corrected chi connectivity index (χ3v) is 8.42. The predicted octanol–water partition coefficient (Wildman–Crippen LogP) is 8.43. The minimum atomic E-state index is -0.386. The predicted molar refractivity (Wildman–Crippen MR) is 183 cm³/mol. The van der Waals surface area contributed by atoms with Gasteiger partial charge in [0.1, 0.15) is 5.58 Å². The Morgan fingerprint density at radius 1 is 0.956 bits per heavy atom. The molecule has 1 aliphatic carbocycles. The molecule has 0 spiro atoms. The highest BCUT2D eigenvalue weighted by molar-refractivity contribution is 6.30. The molecule has 0 unspecified atom stereocenters. The summed E-state index contributed by atoms with van der Waals surface area (Å²) in [7, 11) is 0. The smallest absolute Gasteiger partial charge is 0.287 e. The van der Waals surface area contributed by atoms with Crippen molar-refractivity contribution in [1.82, 2.24) is 10.6 Å². The molecule has 6 nitrogen and oxygen atoms in total. The average molecular weight is 627 g/mol. The Bertz CT molecular complexity index is 1660. The molecule has 45 heavy (non-hydrogen) atoms. The monoisotopic (exact) mass is 626 g/mol. The fraction of sp³-hybridized carbons (Fsp3) is 0.342. The molecule has 0 saturated heterocycles. The van der Waals surface area contributed by atoms with Crippen LogP contribution in [-0.4, -0.2) is 18.4 Å². The van der Waals surface area contributed by atoms with Gasteiger partial charge in [0, 0.05) is 30.6 Å². The van der Waals surface area contributed by atoms with Gasteiger partial charge in [0.2, 0.25) is 5.91 Å². The lowest BCUT2D eigenvalue weighted by molar-refractivity contribution is -0.121. The lowest BCUT2D eigenvalue weighted by atomic mass is 9.80. The van der Waals surface area contributed by atoms with Crippen LogP contribution in [0.4, 0.5) is 0 Å². The molecule has 4 aromatic rings. The van der Waals surface area contributed by atoms with Gasteiger partial charge in [-0.25, -0.2) is 0 Å². The zero-order chi connectivity index (χ0) is 32.2. The summed E-state index contributed by atoms with van der Waals surface area (Å²) in [5, 5.41) is 7.20. The summed E-state index contributed by atoms with van der Waals surface area (Å²) in [5.74, 6) is 0.211. The molecule has 1 fully saturated rings. The van der Waals surface area contributed by atoms with Crippen molar-refractivity contribution in [3.8, 4) is 0 Å². The highest BCUT2D eigenvalue weighted by Gasteiger charge is 2.21. The molecule has 3 aromatic carbocycles. The van der Waals surface area contributed by atoms with E-state index in [1.54, 1.807) is 6.07 Å². The van der Waals surface area contributed by atoms with E-state index in [0.29, 0.717) is 36.4 Å². The Balaban J connectivity index is 0.000000501. The van der Waals surface area contributed by atoms with E-state index in [-0.39, 0.29) is 23.0 Å². The van der Waals surface area contributed by atoms with Crippen LogP contribution in [0.3, 0.4) is 0 Å². The molecule has 236 valence electrons. The number of fused-ring (bicyclic) bond motifs is 1. The Morgan fingerprint density at radius 2 is 1.69 bits per heavy atom. The zero-order valence-electron chi connectivity index (χ0n) is 26.5. The van der Waals surface area contributed by atoms with E-state index in [1.807, 2.05) is 63.2 Å². The van der Waals surface area contributed by atoms with E-state index >= 15 is 0 Å². The van der Waals surface area contributed by atoms with Crippen LogP contribution in [0.1, 0.15) is 91.1 Å². The molecule has 0 bridgehead atoms. The summed E-state index contributed by atoms with van der Waals surface area (Å²) in [5.41, 5.74) is 6.37. The number of halogens is 1. The van der Waals surface area contributed by atoms with Crippen molar-refractivity contribution in [1.29, 1.82) is 0 Å². The molecular formula is C38H43ClN2O4. The van der Waals surface area contributed by atoms with Gasteiger partial charge < -0.3 is 15.1 Å². The fourth-order valence-corrected chi connectivity index (χ4v) is 5.68. The van der Waals surface area contributed by atoms with Gasteiger partial charge in [-0.3, -0.25) is 14.4 Å². The van der Waals surface area contributed by atoms with Crippen molar-refractivity contribution in [3.05, 3.63) is 128 Å². The van der Waals surface area contributed by atoms with Gasteiger partial charge in [0.15, 0.2) is 11.2 Å². The van der Waals surface area contributed by atoms with Crippen molar-refractivity contribution in [2.45, 2.75) is 78.2 Å². The Kier molecular flexibility index (Phi) is 12.6. The van der Waals surface area contributed by atoms with Crippen molar-refractivity contribution in [2.75, 3.05) is 6.54 Å². The summed E-state index contributed by atoms with van der Waals surface area (Å²) in [6, 6.07) is 22.9. The normalized spacial score (nSPS) is 14.3. The minimum absolute atomic E-state index is 0.0338. The van der Waals surface area contributed by atoms with Gasteiger partial charge in [-0.05, 0) is 92.3 Å². The standard InChI is InChI=1S/C31H36N2O4.C7H7Cl/c1-3-7-30(35)33-20-24-8-5-6-9-25(24)23-13-10-22(11-14-23)16-17-32-31(36)29-19-27(34)26-18-21(4-2)12-15-28(26)37-29;1-6-2-4-7(8)5-3-6/h5-6,8-9,12,15-16,18-19,23H,3-4,7,10-11,13-14,17,20H2,1-2H3,(H,32,36)(H,33,35);2-5H,1H3. The summed E-state index contributed by atoms with van der Waals surface area (Å²) in [6.07, 6.45) is 8.35. The number of nitrogens with one attached hydrogen (secondary N) is 2. The summed E-state index contributed by atoms with van der Waals surface area (Å²) in [4.78, 5) is 37.0. The van der Waals surface area contributed by atoms with Gasteiger partial charge in [-0.1, -0.05) is 85.1 Å². The lowest BCUT2D eigenvalue weighted by Gasteiger charge is -2.26. The number of aryl methyl sites for hydroxylation is 2. The first-order chi connectivity index (χ1) is 21.8. The van der Waals surface area contributed by atoms with Gasteiger partial charge in [-0.2, -0.15) is 0 Å². The third kappa shape index (κ3) is 9.92. The highest BCUT2D eigenvalue weighted by atomic mass is 35.5. The third-order valence-electron chi connectivity index (χ3n) is 8.16. The number of amides is 2. The number of allylic oxidation sites excluding steroid dienone is 1. The second-order valence-electron chi connectivity index (χ2n) is 11.5. The molecule has 0 aliphatic heterocycles. The first-order valence-corrected chi connectivity index (χ1v) is 16.2. The summed E-state index contributed by atoms with van der Waals surface area (Å²) in [6.45, 7) is 7.05. The molecule has 7 heteroatoms. The van der Waals surface area contributed by atoms with Crippen LogP contribution in [0.5, 0.6) is 0 Å². The van der Waals surface area contributed by atoms with Crippen LogP contribution in [0.15, 0.2) is 93.7 Å². The van der Waals surface area contributed by atoms with E-state index in [4.69, 9.17) is 16.0 Å². The van der Waals surface area contributed by atoms with E-state index in [0.717, 1.165) is 49.1 Å². The van der Waals surface area contributed by atoms with Crippen LogP contribution >= 0.6 is 11.6 Å². The highest BCUT2D eigenvalue weighted by Crippen LogP contribution is 2.36. The quantitative estimate of drug-likeness (QED) is 0.183. The average Bonchev–Trinajstić information content (AvgIpc) is 3.06. The molecule has 5 rings (SSSR count). The van der Waals surface area contributed by atoms with Crippen molar-refractivity contribution in [3.63, 3.8) is 0 Å². The zero-order valence-corrected chi connectivity index (χ0v) is 27.2. The molecule has 1 saturated carbocycles. The first-order valence-electron chi connectivity index (χ1n) is 15.9. The topological polar surface area (TPSA) is 88.4 Å². The number of benzene rings is 3. The Morgan fingerprint density at radius 3 is 2.38 bits per heavy atom. The van der Waals surface area contributed by atoms with Gasteiger partial charge in [-0.15, -0.1) is 0 Å². The maximum absolute atomic E-state index is 12.6. The second kappa shape index (κ2) is 16.8. The maximum atomic E-state index is 12.6. The van der Waals surface area contributed by atoms with Crippen LogP contribution in [0.25, 0.3) is 11.0 Å².